The van der Waals surface area contributed by atoms with Gasteiger partial charge in [-0.05, 0) is 38.1 Å². The van der Waals surface area contributed by atoms with Crippen LogP contribution < -0.4 is 5.32 Å². The summed E-state index contributed by atoms with van der Waals surface area (Å²) in [6, 6.07) is 0. The molecule has 0 aromatic carbocycles. The van der Waals surface area contributed by atoms with E-state index in [0.29, 0.717) is 11.8 Å². The maximum atomic E-state index is 12.5. The first-order valence-electron chi connectivity index (χ1n) is 9.05. The molecule has 0 spiro atoms. The van der Waals surface area contributed by atoms with Crippen LogP contribution in [0, 0.1) is 23.2 Å². The fourth-order valence-corrected chi connectivity index (χ4v) is 3.77. The quantitative estimate of drug-likeness (QED) is 0.762. The number of rotatable bonds is 6. The third-order valence-electron chi connectivity index (χ3n) is 5.50. The average molecular weight is 322 g/mol. The van der Waals surface area contributed by atoms with Crippen molar-refractivity contribution in [2.75, 3.05) is 46.3 Å². The van der Waals surface area contributed by atoms with Gasteiger partial charge in [0, 0.05) is 39.3 Å². The van der Waals surface area contributed by atoms with Crippen molar-refractivity contribution in [3.8, 4) is 0 Å². The highest BCUT2D eigenvalue weighted by Crippen LogP contribution is 2.59. The minimum atomic E-state index is 0.113. The molecule has 4 nitrogen and oxygen atoms in total. The molecule has 2 aliphatic rings. The van der Waals surface area contributed by atoms with Crippen molar-refractivity contribution in [1.29, 1.82) is 0 Å². The van der Waals surface area contributed by atoms with E-state index in [0.717, 1.165) is 39.3 Å². The van der Waals surface area contributed by atoms with Crippen LogP contribution in [-0.4, -0.2) is 62.0 Å². The summed E-state index contributed by atoms with van der Waals surface area (Å²) in [6.07, 6.45) is 2.26. The van der Waals surface area contributed by atoms with Gasteiger partial charge in [0.15, 0.2) is 0 Å². The summed E-state index contributed by atoms with van der Waals surface area (Å²) in [5, 5.41) is 3.20. The van der Waals surface area contributed by atoms with E-state index in [1.807, 2.05) is 0 Å². The summed E-state index contributed by atoms with van der Waals surface area (Å²) in [5.74, 6) is 1.29. The zero-order valence-electron chi connectivity index (χ0n) is 15.9. The molecular formula is C19H35N3O. The Morgan fingerprint density at radius 1 is 1.26 bits per heavy atom. The maximum Gasteiger partial charge on any atom is 0.224 e. The first-order valence-corrected chi connectivity index (χ1v) is 9.05. The van der Waals surface area contributed by atoms with Gasteiger partial charge >= 0.3 is 0 Å². The molecule has 2 rings (SSSR count). The Kier molecular flexibility index (Phi) is 5.90. The largest absolute Gasteiger partial charge is 0.356 e. The number of nitrogens with one attached hydrogen (secondary N) is 1. The van der Waals surface area contributed by atoms with Crippen LogP contribution in [0.2, 0.25) is 0 Å². The smallest absolute Gasteiger partial charge is 0.224 e. The topological polar surface area (TPSA) is 35.6 Å². The van der Waals surface area contributed by atoms with E-state index in [9.17, 15) is 4.79 Å². The molecule has 1 N–H and O–H groups in total. The lowest BCUT2D eigenvalue weighted by molar-refractivity contribution is -0.123. The van der Waals surface area contributed by atoms with Gasteiger partial charge in [0.1, 0.15) is 0 Å². The summed E-state index contributed by atoms with van der Waals surface area (Å²) in [5.41, 5.74) is 1.42. The molecule has 0 aromatic rings. The first-order chi connectivity index (χ1) is 10.7. The van der Waals surface area contributed by atoms with Crippen molar-refractivity contribution >= 4 is 5.91 Å². The maximum absolute atomic E-state index is 12.5. The van der Waals surface area contributed by atoms with Crippen LogP contribution in [0.1, 0.15) is 34.6 Å². The molecule has 3 atom stereocenters. The molecule has 1 aliphatic carbocycles. The van der Waals surface area contributed by atoms with Crippen molar-refractivity contribution in [3.05, 3.63) is 11.6 Å². The van der Waals surface area contributed by atoms with Crippen LogP contribution in [-0.2, 0) is 4.79 Å². The minimum absolute atomic E-state index is 0.113. The van der Waals surface area contributed by atoms with Gasteiger partial charge in [0.05, 0.1) is 5.92 Å². The molecule has 4 heteroatoms. The summed E-state index contributed by atoms with van der Waals surface area (Å²) in [4.78, 5) is 17.4. The molecule has 0 unspecified atom stereocenters. The average Bonchev–Trinajstić information content (AvgIpc) is 2.99. The van der Waals surface area contributed by atoms with Crippen LogP contribution in [0.15, 0.2) is 11.6 Å². The molecule has 0 radical (unpaired) electrons. The second-order valence-corrected chi connectivity index (χ2v) is 8.52. The SMILES string of the molecule is CC(C)=C[C@@H]1[C@H](C(=O)NC[C@@H](C)CN2CCN(C)CC2)C1(C)C. The van der Waals surface area contributed by atoms with Gasteiger partial charge in [-0.2, -0.15) is 0 Å². The third-order valence-corrected chi connectivity index (χ3v) is 5.50. The van der Waals surface area contributed by atoms with E-state index in [2.05, 4.69) is 62.9 Å². The number of nitrogens with zero attached hydrogens (tertiary/aromatic N) is 2. The highest BCUT2D eigenvalue weighted by atomic mass is 16.2. The van der Waals surface area contributed by atoms with E-state index in [1.165, 1.54) is 5.57 Å². The summed E-state index contributed by atoms with van der Waals surface area (Å²) >= 11 is 0. The van der Waals surface area contributed by atoms with Crippen molar-refractivity contribution < 1.29 is 4.79 Å². The van der Waals surface area contributed by atoms with E-state index in [-0.39, 0.29) is 17.2 Å². The van der Waals surface area contributed by atoms with Gasteiger partial charge in [-0.3, -0.25) is 4.79 Å². The monoisotopic (exact) mass is 321 g/mol. The predicted molar refractivity (Wildman–Crippen MR) is 96.3 cm³/mol. The Balaban J connectivity index is 1.73. The molecule has 0 aromatic heterocycles. The fourth-order valence-electron chi connectivity index (χ4n) is 3.77. The standard InChI is InChI=1S/C19H35N3O/c1-14(2)11-16-17(19(16,4)5)18(23)20-12-15(3)13-22-9-7-21(6)8-10-22/h11,15-17H,7-10,12-13H2,1-6H3,(H,20,23)/t15-,16-,17-/m1/s1. The Morgan fingerprint density at radius 3 is 2.43 bits per heavy atom. The van der Waals surface area contributed by atoms with Gasteiger partial charge in [0.25, 0.3) is 0 Å². The predicted octanol–water partition coefficient (Wildman–Crippen LogP) is 2.22. The second-order valence-electron chi connectivity index (χ2n) is 8.52. The number of likely N-dealkylation sites (N-methyl/N-ethyl adjacent to an activating group) is 1. The number of carbonyl (C=O) groups excluding carboxylic acids is 1. The Hall–Kier alpha value is -0.870. The van der Waals surface area contributed by atoms with Crippen molar-refractivity contribution in [3.63, 3.8) is 0 Å². The van der Waals surface area contributed by atoms with Gasteiger partial charge in [-0.25, -0.2) is 0 Å². The highest BCUT2D eigenvalue weighted by Gasteiger charge is 2.60. The van der Waals surface area contributed by atoms with Crippen LogP contribution in [0.25, 0.3) is 0 Å². The number of carbonyl (C=O) groups is 1. The van der Waals surface area contributed by atoms with E-state index >= 15 is 0 Å². The summed E-state index contributed by atoms with van der Waals surface area (Å²) in [6.45, 7) is 17.3. The summed E-state index contributed by atoms with van der Waals surface area (Å²) < 4.78 is 0. The van der Waals surface area contributed by atoms with Crippen molar-refractivity contribution in [2.24, 2.45) is 23.2 Å². The number of hydrogen-bond donors (Lipinski definition) is 1. The van der Waals surface area contributed by atoms with Crippen molar-refractivity contribution in [2.45, 2.75) is 34.6 Å². The molecule has 1 amide bonds. The van der Waals surface area contributed by atoms with E-state index in [4.69, 9.17) is 0 Å². The lowest BCUT2D eigenvalue weighted by Crippen LogP contribution is -2.47. The Labute approximate surface area is 142 Å². The van der Waals surface area contributed by atoms with Crippen LogP contribution in [0.4, 0.5) is 0 Å². The number of allylic oxidation sites excluding steroid dienone is 2. The zero-order valence-corrected chi connectivity index (χ0v) is 15.9. The molecule has 1 aliphatic heterocycles. The molecule has 23 heavy (non-hydrogen) atoms. The minimum Gasteiger partial charge on any atom is -0.356 e. The highest BCUT2D eigenvalue weighted by molar-refractivity contribution is 5.83. The molecule has 132 valence electrons. The molecular weight excluding hydrogens is 286 g/mol. The van der Waals surface area contributed by atoms with Gasteiger partial charge < -0.3 is 15.1 Å². The zero-order chi connectivity index (χ0) is 17.2. The van der Waals surface area contributed by atoms with Gasteiger partial charge in [-0.1, -0.05) is 32.4 Å². The fraction of sp³-hybridized carbons (Fsp3) is 0.842. The van der Waals surface area contributed by atoms with E-state index in [1.54, 1.807) is 0 Å². The normalized spacial score (nSPS) is 29.0. The molecule has 1 saturated carbocycles. The third kappa shape index (κ3) is 4.80. The molecule has 0 bridgehead atoms. The van der Waals surface area contributed by atoms with Crippen LogP contribution >= 0.6 is 0 Å². The van der Waals surface area contributed by atoms with Crippen molar-refractivity contribution in [1.82, 2.24) is 15.1 Å². The molecule has 1 saturated heterocycles. The number of piperazine rings is 1. The van der Waals surface area contributed by atoms with Crippen LogP contribution in [0.3, 0.4) is 0 Å². The molecule has 2 fully saturated rings. The van der Waals surface area contributed by atoms with Gasteiger partial charge in [-0.15, -0.1) is 0 Å². The second kappa shape index (κ2) is 7.35. The number of hydrogen-bond acceptors (Lipinski definition) is 3. The summed E-state index contributed by atoms with van der Waals surface area (Å²) in [7, 11) is 2.18. The van der Waals surface area contributed by atoms with Crippen LogP contribution in [0.5, 0.6) is 0 Å². The lowest BCUT2D eigenvalue weighted by atomic mass is 10.1. The Morgan fingerprint density at radius 2 is 1.87 bits per heavy atom. The van der Waals surface area contributed by atoms with Gasteiger partial charge in [0.2, 0.25) is 5.91 Å². The lowest BCUT2D eigenvalue weighted by Gasteiger charge is -2.34. The number of amides is 1. The van der Waals surface area contributed by atoms with E-state index < -0.39 is 0 Å². The first kappa shape index (κ1) is 18.5. The molecule has 1 heterocycles. The Bertz CT molecular complexity index is 446.